The molecule has 1 heterocycles. The lowest BCUT2D eigenvalue weighted by molar-refractivity contribution is 0.139. The molecule has 2 rings (SSSR count). The van der Waals surface area contributed by atoms with Gasteiger partial charge in [0, 0.05) is 5.56 Å². The van der Waals surface area contributed by atoms with Crippen LogP contribution in [0.1, 0.15) is 28.8 Å². The first-order chi connectivity index (χ1) is 8.61. The SMILES string of the molecule is Cc1ccc(Cn2ncc(CCl)c2C(F)F)cc1. The predicted octanol–water partition coefficient (Wildman–Crippen LogP) is 3.92. The monoisotopic (exact) mass is 270 g/mol. The zero-order chi connectivity index (χ0) is 13.1. The van der Waals surface area contributed by atoms with Crippen LogP contribution in [-0.2, 0) is 12.4 Å². The topological polar surface area (TPSA) is 17.8 Å². The van der Waals surface area contributed by atoms with Crippen LogP contribution >= 0.6 is 11.6 Å². The molecule has 0 aliphatic rings. The van der Waals surface area contributed by atoms with Gasteiger partial charge in [0.05, 0.1) is 18.6 Å². The van der Waals surface area contributed by atoms with Gasteiger partial charge in [0.25, 0.3) is 6.43 Å². The van der Waals surface area contributed by atoms with E-state index in [1.54, 1.807) is 0 Å². The summed E-state index contributed by atoms with van der Waals surface area (Å²) in [6, 6.07) is 7.71. The molecule has 0 N–H and O–H groups in total. The van der Waals surface area contributed by atoms with E-state index in [0.29, 0.717) is 12.1 Å². The summed E-state index contributed by atoms with van der Waals surface area (Å²) >= 11 is 5.63. The van der Waals surface area contributed by atoms with Crippen LogP contribution in [0.3, 0.4) is 0 Å². The fourth-order valence-corrected chi connectivity index (χ4v) is 1.99. The summed E-state index contributed by atoms with van der Waals surface area (Å²) in [5.74, 6) is 0.0492. The third kappa shape index (κ3) is 2.70. The highest BCUT2D eigenvalue weighted by molar-refractivity contribution is 6.17. The smallest absolute Gasteiger partial charge is 0.259 e. The molecule has 0 saturated carbocycles. The number of aromatic nitrogens is 2. The second-order valence-corrected chi connectivity index (χ2v) is 4.40. The lowest BCUT2D eigenvalue weighted by atomic mass is 10.1. The Morgan fingerprint density at radius 3 is 2.50 bits per heavy atom. The zero-order valence-corrected chi connectivity index (χ0v) is 10.7. The molecule has 5 heteroatoms. The number of alkyl halides is 3. The van der Waals surface area contributed by atoms with Crippen LogP contribution < -0.4 is 0 Å². The number of benzene rings is 1. The van der Waals surface area contributed by atoms with Crippen molar-refractivity contribution in [1.29, 1.82) is 0 Å². The number of halogens is 3. The second kappa shape index (κ2) is 5.48. The van der Waals surface area contributed by atoms with Crippen LogP contribution in [-0.4, -0.2) is 9.78 Å². The van der Waals surface area contributed by atoms with Gasteiger partial charge in [-0.1, -0.05) is 29.8 Å². The van der Waals surface area contributed by atoms with E-state index in [9.17, 15) is 8.78 Å². The van der Waals surface area contributed by atoms with E-state index in [2.05, 4.69) is 5.10 Å². The molecule has 0 unspecified atom stereocenters. The Morgan fingerprint density at radius 2 is 1.94 bits per heavy atom. The van der Waals surface area contributed by atoms with E-state index in [1.807, 2.05) is 31.2 Å². The average molecular weight is 271 g/mol. The van der Waals surface area contributed by atoms with Gasteiger partial charge < -0.3 is 0 Å². The van der Waals surface area contributed by atoms with Crippen LogP contribution in [0.25, 0.3) is 0 Å². The minimum absolute atomic E-state index is 0.0492. The van der Waals surface area contributed by atoms with Gasteiger partial charge in [-0.2, -0.15) is 5.10 Å². The van der Waals surface area contributed by atoms with Gasteiger partial charge in [0.2, 0.25) is 0 Å². The maximum atomic E-state index is 13.0. The summed E-state index contributed by atoms with van der Waals surface area (Å²) in [4.78, 5) is 0. The van der Waals surface area contributed by atoms with Crippen molar-refractivity contribution in [3.8, 4) is 0 Å². The Bertz CT molecular complexity index is 520. The van der Waals surface area contributed by atoms with E-state index in [-0.39, 0.29) is 11.6 Å². The molecule has 0 spiro atoms. The number of hydrogen-bond acceptors (Lipinski definition) is 1. The van der Waals surface area contributed by atoms with Crippen molar-refractivity contribution in [2.24, 2.45) is 0 Å². The molecule has 0 amide bonds. The molecule has 0 fully saturated rings. The first kappa shape index (κ1) is 13.0. The lowest BCUT2D eigenvalue weighted by Gasteiger charge is -2.08. The van der Waals surface area contributed by atoms with Gasteiger partial charge in [0.15, 0.2) is 0 Å². The molecule has 2 aromatic rings. The molecule has 1 aromatic heterocycles. The van der Waals surface area contributed by atoms with Gasteiger partial charge in [-0.3, -0.25) is 4.68 Å². The van der Waals surface area contributed by atoms with Crippen molar-refractivity contribution in [1.82, 2.24) is 9.78 Å². The Morgan fingerprint density at radius 1 is 1.28 bits per heavy atom. The van der Waals surface area contributed by atoms with Crippen LogP contribution in [0.4, 0.5) is 8.78 Å². The quantitative estimate of drug-likeness (QED) is 0.770. The number of aryl methyl sites for hydroxylation is 1. The Kier molecular flexibility index (Phi) is 3.97. The van der Waals surface area contributed by atoms with Crippen LogP contribution in [0.15, 0.2) is 30.5 Å². The second-order valence-electron chi connectivity index (χ2n) is 4.13. The van der Waals surface area contributed by atoms with E-state index in [4.69, 9.17) is 11.6 Å². The van der Waals surface area contributed by atoms with Crippen LogP contribution in [0.5, 0.6) is 0 Å². The molecule has 0 radical (unpaired) electrons. The molecule has 96 valence electrons. The number of rotatable bonds is 4. The van der Waals surface area contributed by atoms with Crippen LogP contribution in [0, 0.1) is 6.92 Å². The maximum Gasteiger partial charge on any atom is 0.280 e. The van der Waals surface area contributed by atoms with Gasteiger partial charge in [-0.25, -0.2) is 8.78 Å². The fourth-order valence-electron chi connectivity index (χ4n) is 1.78. The minimum atomic E-state index is -2.56. The molecule has 1 aromatic carbocycles. The Hall–Kier alpha value is -1.42. The van der Waals surface area contributed by atoms with Crippen molar-refractivity contribution in [3.05, 3.63) is 52.8 Å². The summed E-state index contributed by atoms with van der Waals surface area (Å²) in [6.07, 6.45) is -1.16. The van der Waals surface area contributed by atoms with Crippen LogP contribution in [0.2, 0.25) is 0 Å². The molecule has 2 nitrogen and oxygen atoms in total. The number of hydrogen-bond donors (Lipinski definition) is 0. The Balaban J connectivity index is 2.28. The Labute approximate surface area is 109 Å². The third-order valence-electron chi connectivity index (χ3n) is 2.76. The van der Waals surface area contributed by atoms with Gasteiger partial charge >= 0.3 is 0 Å². The zero-order valence-electron chi connectivity index (χ0n) is 9.91. The highest BCUT2D eigenvalue weighted by Gasteiger charge is 2.19. The van der Waals surface area contributed by atoms with Crippen molar-refractivity contribution < 1.29 is 8.78 Å². The average Bonchev–Trinajstić information content (AvgIpc) is 2.75. The fraction of sp³-hybridized carbons (Fsp3) is 0.308. The molecule has 0 atom stereocenters. The summed E-state index contributed by atoms with van der Waals surface area (Å²) < 4.78 is 27.2. The molecular weight excluding hydrogens is 258 g/mol. The van der Waals surface area contributed by atoms with Gasteiger partial charge in [0.1, 0.15) is 5.69 Å². The van der Waals surface area contributed by atoms with Crippen molar-refractivity contribution in [2.45, 2.75) is 25.8 Å². The summed E-state index contributed by atoms with van der Waals surface area (Å²) in [6.45, 7) is 2.31. The molecule has 0 aliphatic carbocycles. The standard InChI is InChI=1S/C13H13ClF2N2/c1-9-2-4-10(5-3-9)8-18-12(13(15)16)11(6-14)7-17-18/h2-5,7,13H,6,8H2,1H3. The molecule has 18 heavy (non-hydrogen) atoms. The van der Waals surface area contributed by atoms with E-state index in [1.165, 1.54) is 10.9 Å². The maximum absolute atomic E-state index is 13.0. The summed E-state index contributed by atoms with van der Waals surface area (Å²) in [5, 5.41) is 3.98. The third-order valence-corrected chi connectivity index (χ3v) is 3.05. The largest absolute Gasteiger partial charge is 0.280 e. The lowest BCUT2D eigenvalue weighted by Crippen LogP contribution is -2.07. The molecule has 0 saturated heterocycles. The first-order valence-corrected chi connectivity index (χ1v) is 6.09. The highest BCUT2D eigenvalue weighted by Crippen LogP contribution is 2.24. The summed E-state index contributed by atoms with van der Waals surface area (Å²) in [7, 11) is 0. The summed E-state index contributed by atoms with van der Waals surface area (Å²) in [5.41, 5.74) is 2.37. The van der Waals surface area contributed by atoms with Crippen molar-refractivity contribution in [3.63, 3.8) is 0 Å². The molecular formula is C13H13ClF2N2. The van der Waals surface area contributed by atoms with E-state index < -0.39 is 6.43 Å². The van der Waals surface area contributed by atoms with Gasteiger partial charge in [-0.15, -0.1) is 11.6 Å². The minimum Gasteiger partial charge on any atom is -0.259 e. The molecule has 0 aliphatic heterocycles. The first-order valence-electron chi connectivity index (χ1n) is 5.56. The highest BCUT2D eigenvalue weighted by atomic mass is 35.5. The van der Waals surface area contributed by atoms with Crippen molar-refractivity contribution >= 4 is 11.6 Å². The number of nitrogens with zero attached hydrogens (tertiary/aromatic N) is 2. The predicted molar refractivity (Wildman–Crippen MR) is 67.0 cm³/mol. The molecule has 0 bridgehead atoms. The normalized spacial score (nSPS) is 11.2. The van der Waals surface area contributed by atoms with E-state index in [0.717, 1.165) is 11.1 Å². The van der Waals surface area contributed by atoms with E-state index >= 15 is 0 Å². The van der Waals surface area contributed by atoms with Gasteiger partial charge in [-0.05, 0) is 12.5 Å². The van der Waals surface area contributed by atoms with Crippen molar-refractivity contribution in [2.75, 3.05) is 0 Å².